The molecule has 2 aromatic carbocycles. The van der Waals surface area contributed by atoms with E-state index < -0.39 is 17.4 Å². The van der Waals surface area contributed by atoms with Crippen LogP contribution in [0.2, 0.25) is 0 Å². The van der Waals surface area contributed by atoms with Gasteiger partial charge in [0.25, 0.3) is 5.78 Å². The summed E-state index contributed by atoms with van der Waals surface area (Å²) in [4.78, 5) is 16.8. The fourth-order valence-electron chi connectivity index (χ4n) is 1.87. The molecule has 2 aromatic rings. The number of methoxy groups -OCH3 is 1. The van der Waals surface area contributed by atoms with Crippen LogP contribution in [0.5, 0.6) is 0 Å². The number of benzene rings is 2. The van der Waals surface area contributed by atoms with Crippen LogP contribution in [-0.4, -0.2) is 30.9 Å². The van der Waals surface area contributed by atoms with Crippen molar-refractivity contribution in [3.8, 4) is 6.07 Å². The number of nitrogens with zero attached hydrogens (tertiary/aromatic N) is 1. The van der Waals surface area contributed by atoms with Gasteiger partial charge in [0.2, 0.25) is 0 Å². The van der Waals surface area contributed by atoms with E-state index in [0.29, 0.717) is 5.56 Å². The molecule has 0 N–H and O–H groups in total. The van der Waals surface area contributed by atoms with Gasteiger partial charge in [0, 0.05) is 18.2 Å². The number of hydrogen-bond acceptors (Lipinski definition) is 2. The van der Waals surface area contributed by atoms with Crippen molar-refractivity contribution in [2.24, 2.45) is 0 Å². The standard InChI is InChI=1S/C17H16NO2.5ClH.Sn/c1-20-13-12-18-16(14-8-4-2-5-9-14)17(19)15-10-6-3-7-11-15;;;;;;/h2-11,16H,13H2,1H3;5*1H;/q+1;;;;;;+4/p-5. The molecule has 0 aromatic heterocycles. The van der Waals surface area contributed by atoms with E-state index in [1.165, 1.54) is 0 Å². The minimum absolute atomic E-state index is 0.0413. The van der Waals surface area contributed by atoms with Gasteiger partial charge in [0.15, 0.2) is 6.61 Å². The van der Waals surface area contributed by atoms with Crippen LogP contribution in [0.1, 0.15) is 22.0 Å². The molecule has 0 aliphatic carbocycles. The second-order valence-electron chi connectivity index (χ2n) is 4.98. The Morgan fingerprint density at radius 1 is 1.00 bits per heavy atom. The Balaban J connectivity index is 0.000000487. The predicted octanol–water partition coefficient (Wildman–Crippen LogP) is 6.66. The molecule has 0 aliphatic heterocycles. The predicted molar refractivity (Wildman–Crippen MR) is 114 cm³/mol. The van der Waals surface area contributed by atoms with E-state index in [1.54, 1.807) is 19.2 Å². The second kappa shape index (κ2) is 11.0. The summed E-state index contributed by atoms with van der Waals surface area (Å²) in [7, 11) is 26.9. The molecule has 0 heterocycles. The van der Waals surface area contributed by atoms with Crippen molar-refractivity contribution in [2.45, 2.75) is 6.04 Å². The number of hydrogen-bond donors (Lipinski definition) is 0. The van der Waals surface area contributed by atoms with Crippen LogP contribution in [0.15, 0.2) is 60.7 Å². The topological polar surface area (TPSA) is 30.7 Å². The Hall–Kier alpha value is -0.191. The van der Waals surface area contributed by atoms with E-state index in [-0.39, 0.29) is 12.4 Å². The molecule has 0 amide bonds. The molecule has 140 valence electrons. The summed E-state index contributed by atoms with van der Waals surface area (Å²) in [5.74, 6) is -0.0413. The van der Waals surface area contributed by atoms with Crippen LogP contribution in [0.4, 0.5) is 0 Å². The molecule has 0 saturated carbocycles. The zero-order chi connectivity index (χ0) is 19.7. The minimum atomic E-state index is -4.40. The summed E-state index contributed by atoms with van der Waals surface area (Å²) in [6.45, 7) is 0.269. The number of rotatable bonds is 4. The fraction of sp³-hybridized carbons (Fsp3) is 0.176. The van der Waals surface area contributed by atoms with Gasteiger partial charge < -0.3 is 4.74 Å². The van der Waals surface area contributed by atoms with E-state index in [0.717, 1.165) is 5.56 Å². The molecule has 26 heavy (non-hydrogen) atoms. The third-order valence-electron chi connectivity index (χ3n) is 2.85. The summed E-state index contributed by atoms with van der Waals surface area (Å²) in [5.41, 5.74) is 1.49. The van der Waals surface area contributed by atoms with E-state index in [4.69, 9.17) is 49.3 Å². The molecule has 2 rings (SSSR count). The Bertz CT molecular complexity index is 751. The quantitative estimate of drug-likeness (QED) is 0.309. The van der Waals surface area contributed by atoms with Gasteiger partial charge in [-0.25, -0.2) is 0 Å². The second-order valence-corrected chi connectivity index (χ2v) is 47.4. The van der Waals surface area contributed by atoms with Gasteiger partial charge in [0.05, 0.1) is 0 Å². The van der Waals surface area contributed by atoms with E-state index in [1.807, 2.05) is 48.5 Å². The van der Waals surface area contributed by atoms with Crippen LogP contribution in [-0.2, 0) is 4.74 Å². The SMILES string of the molecule is COCC#[N+]C(C(=O)c1ccccc1)c1ccccc1.[Cl][Sn-]([Cl])([Cl])([Cl])[Cl]. The molecule has 0 aliphatic rings. The summed E-state index contributed by atoms with van der Waals surface area (Å²) < 4.78 is 4.90. The van der Waals surface area contributed by atoms with Crippen molar-refractivity contribution >= 4 is 61.8 Å². The molecule has 0 radical (unpaired) electrons. The molecular formula is C17H16Cl5NO2Sn. The molecular weight excluding hydrogens is 546 g/mol. The first-order valence-electron chi connectivity index (χ1n) is 7.33. The molecule has 0 saturated heterocycles. The molecule has 9 heteroatoms. The van der Waals surface area contributed by atoms with Gasteiger partial charge in [-0.3, -0.25) is 4.79 Å². The van der Waals surface area contributed by atoms with Crippen LogP contribution in [0, 0.1) is 6.07 Å². The van der Waals surface area contributed by atoms with Crippen LogP contribution < -0.4 is 0 Å². The van der Waals surface area contributed by atoms with Crippen LogP contribution in [0.3, 0.4) is 0 Å². The normalized spacial score (nSPS) is 13.1. The molecule has 3 nitrogen and oxygen atoms in total. The van der Waals surface area contributed by atoms with Crippen molar-refractivity contribution in [1.82, 2.24) is 0 Å². The van der Waals surface area contributed by atoms with E-state index in [2.05, 4.69) is 10.9 Å². The third kappa shape index (κ3) is 11.5. The van der Waals surface area contributed by atoms with Gasteiger partial charge in [-0.15, -0.1) is 0 Å². The Morgan fingerprint density at radius 3 is 1.92 bits per heavy atom. The molecule has 1 unspecified atom stereocenters. The maximum atomic E-state index is 12.6. The zero-order valence-electron chi connectivity index (χ0n) is 13.7. The Kier molecular flexibility index (Phi) is 10.1. The van der Waals surface area contributed by atoms with Crippen molar-refractivity contribution in [2.75, 3.05) is 13.7 Å². The summed E-state index contributed by atoms with van der Waals surface area (Å²) in [5, 5.41) is 0. The number of carbonyl (C=O) groups excluding carboxylic acids is 1. The first-order valence-corrected chi connectivity index (χ1v) is 25.4. The molecule has 1 atom stereocenters. The average molecular weight is 562 g/mol. The van der Waals surface area contributed by atoms with E-state index in [9.17, 15) is 4.79 Å². The summed E-state index contributed by atoms with van der Waals surface area (Å²) in [6.07, 6.45) is 0. The monoisotopic (exact) mass is 561 g/mol. The number of carbonyl (C=O) groups is 1. The number of halogens is 5. The zero-order valence-corrected chi connectivity index (χ0v) is 20.3. The van der Waals surface area contributed by atoms with Gasteiger partial charge in [-0.05, 0) is 0 Å². The number of ketones is 1. The fourth-order valence-corrected chi connectivity index (χ4v) is 1.87. The first-order chi connectivity index (χ1) is 12.1. The van der Waals surface area contributed by atoms with Gasteiger partial charge in [-0.2, -0.15) is 0 Å². The van der Waals surface area contributed by atoms with Crippen molar-refractivity contribution in [3.05, 3.63) is 76.6 Å². The molecule has 0 fully saturated rings. The summed E-state index contributed by atoms with van der Waals surface area (Å²) >= 11 is -4.40. The third-order valence-corrected chi connectivity index (χ3v) is 2.85. The van der Waals surface area contributed by atoms with Crippen LogP contribution in [0.25, 0.3) is 4.85 Å². The first kappa shape index (κ1) is 23.8. The number of ether oxygens (including phenoxy) is 1. The summed E-state index contributed by atoms with van der Waals surface area (Å²) in [6, 6.07) is 20.8. The Labute approximate surface area is 172 Å². The molecule has 0 spiro atoms. The van der Waals surface area contributed by atoms with Gasteiger partial charge in [-0.1, -0.05) is 65.5 Å². The van der Waals surface area contributed by atoms with Crippen molar-refractivity contribution < 1.29 is 9.53 Å². The van der Waals surface area contributed by atoms with Crippen molar-refractivity contribution in [3.63, 3.8) is 0 Å². The van der Waals surface area contributed by atoms with Crippen molar-refractivity contribution in [1.29, 1.82) is 0 Å². The van der Waals surface area contributed by atoms with Crippen LogP contribution >= 0.6 is 44.6 Å². The molecule has 0 bridgehead atoms. The number of Topliss-reactive ketones (excluding diaryl/α,β-unsaturated/α-hetero) is 1. The van der Waals surface area contributed by atoms with Gasteiger partial charge >= 0.3 is 68.1 Å². The van der Waals surface area contributed by atoms with E-state index >= 15 is 0 Å². The maximum absolute atomic E-state index is 12.6. The average Bonchev–Trinajstić information content (AvgIpc) is 2.58. The Morgan fingerprint density at radius 2 is 1.46 bits per heavy atom. The van der Waals surface area contributed by atoms with Gasteiger partial charge in [0.1, 0.15) is 0 Å².